The number of hydrogen-bond donors (Lipinski definition) is 1. The minimum Gasteiger partial charge on any atom is -0.493 e. The molecule has 1 amide bonds. The number of benzene rings is 1. The van der Waals surface area contributed by atoms with E-state index in [0.29, 0.717) is 43.2 Å². The number of rotatable bonds is 4. The van der Waals surface area contributed by atoms with Crippen LogP contribution in [0.2, 0.25) is 0 Å². The molecule has 132 valence electrons. The van der Waals surface area contributed by atoms with Crippen molar-refractivity contribution in [3.8, 4) is 11.5 Å². The molecule has 1 N–H and O–H groups in total. The second-order valence-electron chi connectivity index (χ2n) is 5.75. The molecule has 2 aromatic rings. The zero-order valence-corrected chi connectivity index (χ0v) is 14.4. The van der Waals surface area contributed by atoms with E-state index in [4.69, 9.17) is 9.47 Å². The first-order chi connectivity index (χ1) is 12.1. The molecule has 1 aliphatic rings. The Balaban J connectivity index is 1.69. The van der Waals surface area contributed by atoms with Crippen LogP contribution in [0, 0.1) is 0 Å². The number of ether oxygens (including phenoxy) is 2. The van der Waals surface area contributed by atoms with Crippen molar-refractivity contribution >= 4 is 11.7 Å². The summed E-state index contributed by atoms with van der Waals surface area (Å²) in [5, 5.41) is 9.89. The average molecular weight is 344 g/mol. The highest BCUT2D eigenvalue weighted by molar-refractivity contribution is 5.95. The highest BCUT2D eigenvalue weighted by atomic mass is 16.5. The molecule has 0 saturated carbocycles. The molecule has 1 aromatic carbocycles. The molecule has 1 saturated heterocycles. The van der Waals surface area contributed by atoms with Gasteiger partial charge in [-0.2, -0.15) is 0 Å². The molecular weight excluding hydrogens is 322 g/mol. The topological polar surface area (TPSA) is 66.1 Å². The van der Waals surface area contributed by atoms with E-state index in [0.717, 1.165) is 10.5 Å². The number of methoxy groups -OCH3 is 2. The summed E-state index contributed by atoms with van der Waals surface area (Å²) >= 11 is 0. The molecule has 0 spiro atoms. The van der Waals surface area contributed by atoms with Crippen molar-refractivity contribution in [2.24, 2.45) is 0 Å². The van der Waals surface area contributed by atoms with E-state index in [1.807, 2.05) is 17.0 Å². The second kappa shape index (κ2) is 7.29. The molecule has 1 aliphatic heterocycles. The number of anilines is 1. The van der Waals surface area contributed by atoms with E-state index >= 15 is 0 Å². The van der Waals surface area contributed by atoms with Crippen molar-refractivity contribution in [1.29, 1.82) is 0 Å². The molecular formula is C18H22N3O4+. The standard InChI is InChI=1S/C18H22N3O4/c1-24-15-7-6-14(13-16(15)25-2)18(22)20-11-9-19(10-12-20)17-5-3-4-8-21(17)23/h3-8,13,23H,9-12H2,1-2H3/q+1. The average Bonchev–Trinajstić information content (AvgIpc) is 2.67. The minimum absolute atomic E-state index is 0.0365. The quantitative estimate of drug-likeness (QED) is 0.667. The Bertz CT molecular complexity index is 758. The summed E-state index contributed by atoms with van der Waals surface area (Å²) in [6.07, 6.45) is 1.59. The third-order valence-electron chi connectivity index (χ3n) is 4.34. The predicted octanol–water partition coefficient (Wildman–Crippen LogP) is 1.19. The van der Waals surface area contributed by atoms with Crippen LogP contribution in [0.25, 0.3) is 0 Å². The molecule has 25 heavy (non-hydrogen) atoms. The van der Waals surface area contributed by atoms with Gasteiger partial charge in [0.25, 0.3) is 5.91 Å². The van der Waals surface area contributed by atoms with Crippen LogP contribution in [0.1, 0.15) is 10.4 Å². The number of pyridine rings is 1. The van der Waals surface area contributed by atoms with E-state index < -0.39 is 0 Å². The molecule has 7 heteroatoms. The lowest BCUT2D eigenvalue weighted by atomic mass is 10.1. The van der Waals surface area contributed by atoms with Crippen molar-refractivity contribution in [1.82, 2.24) is 4.90 Å². The molecule has 7 nitrogen and oxygen atoms in total. The van der Waals surface area contributed by atoms with E-state index in [1.54, 1.807) is 44.7 Å². The molecule has 0 radical (unpaired) electrons. The second-order valence-corrected chi connectivity index (χ2v) is 5.75. The fourth-order valence-corrected chi connectivity index (χ4v) is 2.97. The zero-order chi connectivity index (χ0) is 17.8. The molecule has 0 bridgehead atoms. The fraction of sp³-hybridized carbons (Fsp3) is 0.333. The third kappa shape index (κ3) is 3.45. The number of amides is 1. The van der Waals surface area contributed by atoms with Gasteiger partial charge in [0.15, 0.2) is 11.5 Å². The summed E-state index contributed by atoms with van der Waals surface area (Å²) in [7, 11) is 3.12. The van der Waals surface area contributed by atoms with E-state index in [2.05, 4.69) is 4.90 Å². The Labute approximate surface area is 146 Å². The highest BCUT2D eigenvalue weighted by Crippen LogP contribution is 2.28. The number of nitrogens with zero attached hydrogens (tertiary/aromatic N) is 3. The van der Waals surface area contributed by atoms with Gasteiger partial charge in [-0.25, -0.2) is 0 Å². The zero-order valence-electron chi connectivity index (χ0n) is 14.4. The van der Waals surface area contributed by atoms with Crippen LogP contribution in [0.5, 0.6) is 11.5 Å². The van der Waals surface area contributed by atoms with E-state index in [-0.39, 0.29) is 5.91 Å². The van der Waals surface area contributed by atoms with Gasteiger partial charge in [0.1, 0.15) is 19.3 Å². The minimum atomic E-state index is -0.0365. The number of hydrogen-bond acceptors (Lipinski definition) is 5. The molecule has 3 rings (SSSR count). The molecule has 1 fully saturated rings. The number of piperazine rings is 1. The van der Waals surface area contributed by atoms with Crippen molar-refractivity contribution in [3.05, 3.63) is 48.2 Å². The largest absolute Gasteiger partial charge is 0.493 e. The first-order valence-corrected chi connectivity index (χ1v) is 8.10. The number of carbonyl (C=O) groups excluding carboxylic acids is 1. The lowest BCUT2D eigenvalue weighted by molar-refractivity contribution is -0.894. The Kier molecular flexibility index (Phi) is 4.92. The summed E-state index contributed by atoms with van der Waals surface area (Å²) in [5.41, 5.74) is 0.572. The maximum atomic E-state index is 12.7. The smallest absolute Gasteiger partial charge is 0.316 e. The van der Waals surface area contributed by atoms with Gasteiger partial charge in [-0.05, 0) is 24.3 Å². The van der Waals surface area contributed by atoms with Crippen molar-refractivity contribution < 1.29 is 24.2 Å². The number of carbonyl (C=O) groups is 1. The van der Waals surface area contributed by atoms with Crippen LogP contribution < -0.4 is 19.1 Å². The SMILES string of the molecule is COc1ccc(C(=O)N2CCN(c3cccc[n+]3O)CC2)cc1OC. The summed E-state index contributed by atoms with van der Waals surface area (Å²) < 4.78 is 11.6. The van der Waals surface area contributed by atoms with Gasteiger partial charge in [-0.15, -0.1) is 0 Å². The van der Waals surface area contributed by atoms with Gasteiger partial charge >= 0.3 is 5.82 Å². The monoisotopic (exact) mass is 344 g/mol. The summed E-state index contributed by atoms with van der Waals surface area (Å²) in [4.78, 5) is 16.6. The summed E-state index contributed by atoms with van der Waals surface area (Å²) in [6.45, 7) is 2.48. The Morgan fingerprint density at radius 1 is 1.04 bits per heavy atom. The van der Waals surface area contributed by atoms with E-state index in [9.17, 15) is 10.0 Å². The van der Waals surface area contributed by atoms with Crippen LogP contribution in [-0.4, -0.2) is 56.4 Å². The first kappa shape index (κ1) is 16.9. The van der Waals surface area contributed by atoms with Crippen molar-refractivity contribution in [3.63, 3.8) is 0 Å². The fourth-order valence-electron chi connectivity index (χ4n) is 2.97. The van der Waals surface area contributed by atoms with Crippen LogP contribution in [0.3, 0.4) is 0 Å². The summed E-state index contributed by atoms with van der Waals surface area (Å²) in [5.74, 6) is 1.82. The molecule has 1 aromatic heterocycles. The lowest BCUT2D eigenvalue weighted by Gasteiger charge is -2.31. The van der Waals surface area contributed by atoms with E-state index in [1.165, 1.54) is 0 Å². The van der Waals surface area contributed by atoms with Crippen LogP contribution in [0.4, 0.5) is 5.82 Å². The highest BCUT2D eigenvalue weighted by Gasteiger charge is 2.28. The van der Waals surface area contributed by atoms with Crippen LogP contribution >= 0.6 is 0 Å². The molecule has 0 atom stereocenters. The summed E-state index contributed by atoms with van der Waals surface area (Å²) in [6, 6.07) is 10.7. The molecule has 0 unspecified atom stereocenters. The Hall–Kier alpha value is -2.96. The molecule has 2 heterocycles. The maximum Gasteiger partial charge on any atom is 0.316 e. The van der Waals surface area contributed by atoms with Crippen LogP contribution in [0.15, 0.2) is 42.6 Å². The maximum absolute atomic E-state index is 12.7. The van der Waals surface area contributed by atoms with Gasteiger partial charge in [0, 0.05) is 11.6 Å². The van der Waals surface area contributed by atoms with Gasteiger partial charge in [-0.1, -0.05) is 10.8 Å². The van der Waals surface area contributed by atoms with Gasteiger partial charge in [-0.3, -0.25) is 9.69 Å². The van der Waals surface area contributed by atoms with Gasteiger partial charge in [0.2, 0.25) is 0 Å². The molecule has 0 aliphatic carbocycles. The van der Waals surface area contributed by atoms with Crippen LogP contribution in [-0.2, 0) is 0 Å². The Morgan fingerprint density at radius 3 is 2.40 bits per heavy atom. The predicted molar refractivity (Wildman–Crippen MR) is 91.5 cm³/mol. The normalized spacial score (nSPS) is 14.3. The van der Waals surface area contributed by atoms with Crippen molar-refractivity contribution in [2.75, 3.05) is 45.3 Å². The van der Waals surface area contributed by atoms with Gasteiger partial charge < -0.3 is 19.6 Å². The first-order valence-electron chi connectivity index (χ1n) is 8.10. The third-order valence-corrected chi connectivity index (χ3v) is 4.34. The Morgan fingerprint density at radius 2 is 1.76 bits per heavy atom. The van der Waals surface area contributed by atoms with Gasteiger partial charge in [0.05, 0.1) is 27.3 Å². The number of aromatic nitrogens is 1. The van der Waals surface area contributed by atoms with Crippen molar-refractivity contribution in [2.45, 2.75) is 0 Å². The lowest BCUT2D eigenvalue weighted by Crippen LogP contribution is -2.52.